The van der Waals surface area contributed by atoms with E-state index in [1.807, 2.05) is 30.3 Å². The number of nitrogens with zero attached hydrogens (tertiary/aromatic N) is 2. The molecule has 0 fully saturated rings. The Hall–Kier alpha value is -3.54. The molecule has 2 heterocycles. The zero-order valence-electron chi connectivity index (χ0n) is 17.4. The van der Waals surface area contributed by atoms with E-state index in [1.165, 1.54) is 0 Å². The maximum absolute atomic E-state index is 13.4. The highest BCUT2D eigenvalue weighted by atomic mass is 16.5. The number of esters is 1. The molecule has 0 amide bonds. The van der Waals surface area contributed by atoms with Gasteiger partial charge in [-0.1, -0.05) is 36.8 Å². The van der Waals surface area contributed by atoms with Gasteiger partial charge in [-0.3, -0.25) is 9.78 Å². The molecule has 6 nitrogen and oxygen atoms in total. The summed E-state index contributed by atoms with van der Waals surface area (Å²) in [7, 11) is 0. The van der Waals surface area contributed by atoms with Crippen LogP contribution in [0.4, 0.5) is 0 Å². The number of aryl methyl sites for hydroxylation is 1. The molecular formula is C25H23N3O3. The fourth-order valence-electron chi connectivity index (χ4n) is 4.35. The molecule has 4 aromatic rings. The number of aromatic nitrogens is 3. The Bertz CT molecular complexity index is 1360. The van der Waals surface area contributed by atoms with E-state index >= 15 is 0 Å². The summed E-state index contributed by atoms with van der Waals surface area (Å²) in [5, 5.41) is 1.32. The van der Waals surface area contributed by atoms with Crippen molar-refractivity contribution in [3.05, 3.63) is 81.5 Å². The van der Waals surface area contributed by atoms with Gasteiger partial charge >= 0.3 is 5.97 Å². The number of H-pyrrole nitrogens is 1. The van der Waals surface area contributed by atoms with Crippen LogP contribution < -0.4 is 5.56 Å². The minimum Gasteiger partial charge on any atom is -0.451 e. The van der Waals surface area contributed by atoms with Crippen LogP contribution in [0, 0.1) is 0 Å². The van der Waals surface area contributed by atoms with E-state index in [4.69, 9.17) is 9.72 Å². The van der Waals surface area contributed by atoms with Gasteiger partial charge in [0.2, 0.25) is 0 Å². The van der Waals surface area contributed by atoms with Crippen LogP contribution in [0.15, 0.2) is 53.3 Å². The van der Waals surface area contributed by atoms with Crippen LogP contribution in [-0.4, -0.2) is 20.9 Å². The number of carbonyl (C=O) groups is 1. The number of aromatic amines is 1. The van der Waals surface area contributed by atoms with Gasteiger partial charge in [0.05, 0.1) is 22.0 Å². The monoisotopic (exact) mass is 413 g/mol. The zero-order valence-corrected chi connectivity index (χ0v) is 17.4. The summed E-state index contributed by atoms with van der Waals surface area (Å²) in [5.41, 5.74) is 3.72. The van der Waals surface area contributed by atoms with Gasteiger partial charge in [-0.15, -0.1) is 0 Å². The average molecular weight is 413 g/mol. The van der Waals surface area contributed by atoms with Crippen LogP contribution in [0.25, 0.3) is 21.8 Å². The zero-order chi connectivity index (χ0) is 21.4. The van der Waals surface area contributed by atoms with Gasteiger partial charge in [-0.2, -0.15) is 0 Å². The SMILES string of the molecule is C[C@H](OC(=O)c1c2c(nc3ccccc13)CCCCC2)c1nc2ccccc2c(=O)[nH]1. The highest BCUT2D eigenvalue weighted by Crippen LogP contribution is 2.30. The maximum atomic E-state index is 13.4. The molecule has 156 valence electrons. The summed E-state index contributed by atoms with van der Waals surface area (Å²) >= 11 is 0. The number of benzene rings is 2. The molecule has 0 bridgehead atoms. The topological polar surface area (TPSA) is 84.9 Å². The van der Waals surface area contributed by atoms with Gasteiger partial charge in [0.25, 0.3) is 5.56 Å². The largest absolute Gasteiger partial charge is 0.451 e. The molecular weight excluding hydrogens is 390 g/mol. The van der Waals surface area contributed by atoms with Crippen LogP contribution >= 0.6 is 0 Å². The molecule has 0 aliphatic heterocycles. The first-order chi connectivity index (χ1) is 15.1. The normalized spacial score (nSPS) is 14.7. The Labute approximate surface area is 179 Å². The van der Waals surface area contributed by atoms with Crippen molar-refractivity contribution >= 4 is 27.8 Å². The molecule has 2 aromatic heterocycles. The second-order valence-electron chi connectivity index (χ2n) is 8.01. The van der Waals surface area contributed by atoms with E-state index in [-0.39, 0.29) is 5.56 Å². The Morgan fingerprint density at radius 1 is 0.935 bits per heavy atom. The second-order valence-corrected chi connectivity index (χ2v) is 8.01. The van der Waals surface area contributed by atoms with Gasteiger partial charge in [0, 0.05) is 11.1 Å². The van der Waals surface area contributed by atoms with Crippen molar-refractivity contribution in [1.29, 1.82) is 0 Å². The number of hydrogen-bond acceptors (Lipinski definition) is 5. The molecule has 31 heavy (non-hydrogen) atoms. The average Bonchev–Trinajstić information content (AvgIpc) is 3.02. The summed E-state index contributed by atoms with van der Waals surface area (Å²) in [4.78, 5) is 37.9. The van der Waals surface area contributed by atoms with Gasteiger partial charge in [0.15, 0.2) is 11.9 Å². The fourth-order valence-corrected chi connectivity index (χ4v) is 4.35. The summed E-state index contributed by atoms with van der Waals surface area (Å²) in [6.45, 7) is 1.73. The van der Waals surface area contributed by atoms with Gasteiger partial charge in [0.1, 0.15) is 0 Å². The lowest BCUT2D eigenvalue weighted by atomic mass is 9.97. The molecule has 0 unspecified atom stereocenters. The van der Waals surface area contributed by atoms with Crippen LogP contribution in [0.1, 0.15) is 59.7 Å². The van der Waals surface area contributed by atoms with Gasteiger partial charge in [-0.05, 0) is 56.4 Å². The number of pyridine rings is 1. The highest BCUT2D eigenvalue weighted by Gasteiger charge is 2.25. The predicted octanol–water partition coefficient (Wildman–Crippen LogP) is 4.66. The third-order valence-electron chi connectivity index (χ3n) is 5.92. The van der Waals surface area contributed by atoms with E-state index in [9.17, 15) is 9.59 Å². The van der Waals surface area contributed by atoms with Crippen LogP contribution in [0.5, 0.6) is 0 Å². The summed E-state index contributed by atoms with van der Waals surface area (Å²) in [6.07, 6.45) is 4.22. The third kappa shape index (κ3) is 3.58. The van der Waals surface area contributed by atoms with Crippen molar-refractivity contribution in [2.45, 2.75) is 45.1 Å². The molecule has 0 saturated heterocycles. The highest BCUT2D eigenvalue weighted by molar-refractivity contribution is 6.05. The van der Waals surface area contributed by atoms with Crippen molar-refractivity contribution in [3.63, 3.8) is 0 Å². The predicted molar refractivity (Wildman–Crippen MR) is 119 cm³/mol. The lowest BCUT2D eigenvalue weighted by Gasteiger charge is -2.17. The maximum Gasteiger partial charge on any atom is 0.339 e. The molecule has 5 rings (SSSR count). The molecule has 0 saturated carbocycles. The van der Waals surface area contributed by atoms with Crippen molar-refractivity contribution in [2.75, 3.05) is 0 Å². The first-order valence-corrected chi connectivity index (χ1v) is 10.7. The lowest BCUT2D eigenvalue weighted by molar-refractivity contribution is 0.0321. The van der Waals surface area contributed by atoms with E-state index in [0.29, 0.717) is 22.3 Å². The molecule has 2 aromatic carbocycles. The van der Waals surface area contributed by atoms with Crippen molar-refractivity contribution in [3.8, 4) is 0 Å². The number of carbonyl (C=O) groups excluding carboxylic acids is 1. The Morgan fingerprint density at radius 2 is 1.61 bits per heavy atom. The molecule has 0 spiro atoms. The molecule has 0 radical (unpaired) electrons. The smallest absolute Gasteiger partial charge is 0.339 e. The Kier molecular flexibility index (Phi) is 4.98. The van der Waals surface area contributed by atoms with Crippen LogP contribution in [-0.2, 0) is 17.6 Å². The summed E-state index contributed by atoms with van der Waals surface area (Å²) < 4.78 is 5.84. The number of rotatable bonds is 3. The Balaban J connectivity index is 1.55. The van der Waals surface area contributed by atoms with Crippen molar-refractivity contribution in [1.82, 2.24) is 15.0 Å². The minimum atomic E-state index is -0.696. The number of hydrogen-bond donors (Lipinski definition) is 1. The lowest BCUT2D eigenvalue weighted by Crippen LogP contribution is -2.19. The Morgan fingerprint density at radius 3 is 2.42 bits per heavy atom. The standard InChI is InChI=1S/C25H23N3O3/c1-15(23-27-21-14-8-6-11-18(21)24(29)28-23)31-25(30)22-16-9-3-2-4-12-19(16)26-20-13-7-5-10-17(20)22/h5-8,10-11,13-15H,2-4,9,12H2,1H3,(H,27,28,29)/t15-/m0/s1. The summed E-state index contributed by atoms with van der Waals surface area (Å²) in [5.74, 6) is -0.0680. The molecule has 1 aliphatic carbocycles. The van der Waals surface area contributed by atoms with E-state index in [1.54, 1.807) is 25.1 Å². The van der Waals surface area contributed by atoms with E-state index in [0.717, 1.165) is 54.3 Å². The number of para-hydroxylation sites is 2. The van der Waals surface area contributed by atoms with Crippen molar-refractivity contribution in [2.24, 2.45) is 0 Å². The minimum absolute atomic E-state index is 0.244. The third-order valence-corrected chi connectivity index (χ3v) is 5.92. The number of ether oxygens (including phenoxy) is 1. The second kappa shape index (κ2) is 7.95. The van der Waals surface area contributed by atoms with E-state index in [2.05, 4.69) is 9.97 Å². The summed E-state index contributed by atoms with van der Waals surface area (Å²) in [6, 6.07) is 14.8. The van der Waals surface area contributed by atoms with Crippen LogP contribution in [0.3, 0.4) is 0 Å². The number of nitrogens with one attached hydrogen (secondary N) is 1. The first-order valence-electron chi connectivity index (χ1n) is 10.7. The number of fused-ring (bicyclic) bond motifs is 3. The van der Waals surface area contributed by atoms with E-state index < -0.39 is 12.1 Å². The quantitative estimate of drug-likeness (QED) is 0.390. The van der Waals surface area contributed by atoms with Gasteiger partial charge in [-0.25, -0.2) is 9.78 Å². The fraction of sp³-hybridized carbons (Fsp3) is 0.280. The van der Waals surface area contributed by atoms with Gasteiger partial charge < -0.3 is 9.72 Å². The molecule has 6 heteroatoms. The molecule has 1 N–H and O–H groups in total. The molecule has 1 aliphatic rings. The first kappa shape index (κ1) is 19.4. The van der Waals surface area contributed by atoms with Crippen molar-refractivity contribution < 1.29 is 9.53 Å². The molecule has 1 atom stereocenters. The van der Waals surface area contributed by atoms with Crippen LogP contribution in [0.2, 0.25) is 0 Å².